The Bertz CT molecular complexity index is 718. The van der Waals surface area contributed by atoms with Crippen LogP contribution in [0, 0.1) is 11.6 Å². The molecule has 138 valence electrons. The van der Waals surface area contributed by atoms with Crippen molar-refractivity contribution in [2.75, 3.05) is 20.6 Å². The molecule has 9 heteroatoms. The summed E-state index contributed by atoms with van der Waals surface area (Å²) in [7, 11) is 5.39. The smallest absolute Gasteiger partial charge is 0.193 e. The van der Waals surface area contributed by atoms with Crippen molar-refractivity contribution in [2.45, 2.75) is 19.4 Å². The highest BCUT2D eigenvalue weighted by molar-refractivity contribution is 14.0. The summed E-state index contributed by atoms with van der Waals surface area (Å²) in [6, 6.07) is 3.65. The number of halogens is 3. The van der Waals surface area contributed by atoms with Gasteiger partial charge < -0.3 is 10.2 Å². The van der Waals surface area contributed by atoms with Crippen molar-refractivity contribution >= 4 is 29.9 Å². The van der Waals surface area contributed by atoms with Crippen LogP contribution < -0.4 is 5.32 Å². The fourth-order valence-electron chi connectivity index (χ4n) is 2.39. The van der Waals surface area contributed by atoms with Crippen LogP contribution >= 0.6 is 24.0 Å². The first kappa shape index (κ1) is 21.3. The standard InChI is InChI=1S/C16H22F2N6.HI/c1-11(13-6-5-12(17)7-14(13)18)8-20-16(19-2)23(3)9-15-21-10-22-24(15)4;/h5-7,10-11H,8-9H2,1-4H3,(H,19,20);1H. The van der Waals surface area contributed by atoms with Gasteiger partial charge in [-0.3, -0.25) is 9.67 Å². The fourth-order valence-corrected chi connectivity index (χ4v) is 2.39. The van der Waals surface area contributed by atoms with Gasteiger partial charge in [-0.2, -0.15) is 5.10 Å². The molecule has 0 bridgehead atoms. The number of hydrogen-bond donors (Lipinski definition) is 1. The van der Waals surface area contributed by atoms with E-state index in [9.17, 15) is 8.78 Å². The normalized spacial score (nSPS) is 12.5. The van der Waals surface area contributed by atoms with Crippen LogP contribution in [0.15, 0.2) is 29.5 Å². The van der Waals surface area contributed by atoms with Crippen LogP contribution in [0.5, 0.6) is 0 Å². The molecule has 0 saturated heterocycles. The number of benzene rings is 1. The minimum Gasteiger partial charge on any atom is -0.356 e. The average molecular weight is 464 g/mol. The molecule has 2 rings (SSSR count). The van der Waals surface area contributed by atoms with E-state index >= 15 is 0 Å². The van der Waals surface area contributed by atoms with Crippen molar-refractivity contribution in [3.05, 3.63) is 47.5 Å². The Hall–Kier alpha value is -1.78. The fraction of sp³-hybridized carbons (Fsp3) is 0.438. The molecule has 25 heavy (non-hydrogen) atoms. The summed E-state index contributed by atoms with van der Waals surface area (Å²) >= 11 is 0. The lowest BCUT2D eigenvalue weighted by atomic mass is 10.0. The molecule has 0 radical (unpaired) electrons. The number of aromatic nitrogens is 3. The second kappa shape index (κ2) is 9.64. The summed E-state index contributed by atoms with van der Waals surface area (Å²) in [5.41, 5.74) is 0.468. The Labute approximate surface area is 163 Å². The lowest BCUT2D eigenvalue weighted by Crippen LogP contribution is -2.40. The van der Waals surface area contributed by atoms with E-state index in [4.69, 9.17) is 0 Å². The van der Waals surface area contributed by atoms with Gasteiger partial charge in [-0.05, 0) is 11.6 Å². The van der Waals surface area contributed by atoms with Crippen molar-refractivity contribution in [1.29, 1.82) is 0 Å². The van der Waals surface area contributed by atoms with Crippen molar-refractivity contribution < 1.29 is 8.78 Å². The van der Waals surface area contributed by atoms with Gasteiger partial charge in [0.1, 0.15) is 23.8 Å². The number of nitrogens with one attached hydrogen (secondary N) is 1. The van der Waals surface area contributed by atoms with Gasteiger partial charge in [-0.1, -0.05) is 13.0 Å². The molecule has 0 aliphatic carbocycles. The zero-order valence-corrected chi connectivity index (χ0v) is 17.0. The van der Waals surface area contributed by atoms with Crippen LogP contribution in [-0.4, -0.2) is 46.3 Å². The van der Waals surface area contributed by atoms with E-state index in [0.29, 0.717) is 24.6 Å². The van der Waals surface area contributed by atoms with Crippen LogP contribution in [0.1, 0.15) is 24.2 Å². The van der Waals surface area contributed by atoms with Crippen LogP contribution in [0.25, 0.3) is 0 Å². The van der Waals surface area contributed by atoms with Gasteiger partial charge in [-0.25, -0.2) is 13.8 Å². The Morgan fingerprint density at radius 2 is 2.12 bits per heavy atom. The molecule has 1 aromatic heterocycles. The number of aryl methyl sites for hydroxylation is 1. The van der Waals surface area contributed by atoms with Crippen LogP contribution in [0.3, 0.4) is 0 Å². The highest BCUT2D eigenvalue weighted by atomic mass is 127. The number of hydrogen-bond acceptors (Lipinski definition) is 3. The highest BCUT2D eigenvalue weighted by Gasteiger charge is 2.14. The van der Waals surface area contributed by atoms with E-state index < -0.39 is 11.6 Å². The maximum absolute atomic E-state index is 13.8. The molecule has 0 amide bonds. The largest absolute Gasteiger partial charge is 0.356 e. The molecule has 0 fully saturated rings. The number of aliphatic imine (C=N–C) groups is 1. The Balaban J connectivity index is 0.00000312. The number of nitrogens with zero attached hydrogens (tertiary/aromatic N) is 5. The Kier molecular flexibility index (Phi) is 8.20. The van der Waals surface area contributed by atoms with Gasteiger partial charge in [0, 0.05) is 39.7 Å². The molecule has 6 nitrogen and oxygen atoms in total. The minimum atomic E-state index is -0.573. The molecule has 0 aliphatic heterocycles. The summed E-state index contributed by atoms with van der Waals surface area (Å²) in [4.78, 5) is 10.3. The van der Waals surface area contributed by atoms with E-state index in [1.165, 1.54) is 18.5 Å². The van der Waals surface area contributed by atoms with Crippen molar-refractivity contribution in [3.63, 3.8) is 0 Å². The van der Waals surface area contributed by atoms with Gasteiger partial charge in [0.25, 0.3) is 0 Å². The van der Waals surface area contributed by atoms with Crippen LogP contribution in [0.2, 0.25) is 0 Å². The third-order valence-corrected chi connectivity index (χ3v) is 3.82. The van der Waals surface area contributed by atoms with Crippen molar-refractivity contribution in [1.82, 2.24) is 25.0 Å². The molecule has 0 spiro atoms. The van der Waals surface area contributed by atoms with Gasteiger partial charge >= 0.3 is 0 Å². The van der Waals surface area contributed by atoms with Gasteiger partial charge in [0.2, 0.25) is 0 Å². The molecule has 1 heterocycles. The third kappa shape index (κ3) is 5.62. The molecular weight excluding hydrogens is 441 g/mol. The Morgan fingerprint density at radius 1 is 1.40 bits per heavy atom. The second-order valence-electron chi connectivity index (χ2n) is 5.65. The number of guanidine groups is 1. The summed E-state index contributed by atoms with van der Waals surface area (Å²) in [5.74, 6) is 0.221. The molecular formula is C16H23F2IN6. The zero-order chi connectivity index (χ0) is 17.7. The van der Waals surface area contributed by atoms with E-state index in [1.54, 1.807) is 11.7 Å². The monoisotopic (exact) mass is 464 g/mol. The quantitative estimate of drug-likeness (QED) is 0.420. The topological polar surface area (TPSA) is 58.3 Å². The summed E-state index contributed by atoms with van der Waals surface area (Å²) in [6.45, 7) is 2.88. The van der Waals surface area contributed by atoms with Crippen molar-refractivity contribution in [3.8, 4) is 0 Å². The van der Waals surface area contributed by atoms with E-state index in [1.807, 2.05) is 25.9 Å². The predicted octanol–water partition coefficient (Wildman–Crippen LogP) is 2.52. The van der Waals surface area contributed by atoms with E-state index in [2.05, 4.69) is 20.4 Å². The second-order valence-corrected chi connectivity index (χ2v) is 5.65. The van der Waals surface area contributed by atoms with Gasteiger partial charge in [-0.15, -0.1) is 24.0 Å². The summed E-state index contributed by atoms with van der Waals surface area (Å²) in [5, 5.41) is 7.23. The SMILES string of the molecule is CN=C(NCC(C)c1ccc(F)cc1F)N(C)Cc1ncnn1C.I. The third-order valence-electron chi connectivity index (χ3n) is 3.82. The van der Waals surface area contributed by atoms with Crippen LogP contribution in [0.4, 0.5) is 8.78 Å². The molecule has 1 atom stereocenters. The molecule has 1 aromatic carbocycles. The number of rotatable bonds is 5. The molecule has 0 saturated carbocycles. The molecule has 1 N–H and O–H groups in total. The van der Waals surface area contributed by atoms with Gasteiger partial charge in [0.05, 0.1) is 6.54 Å². The lowest BCUT2D eigenvalue weighted by molar-refractivity contribution is 0.445. The zero-order valence-electron chi connectivity index (χ0n) is 14.7. The van der Waals surface area contributed by atoms with E-state index in [-0.39, 0.29) is 29.9 Å². The molecule has 2 aromatic rings. The first-order valence-electron chi connectivity index (χ1n) is 7.62. The first-order chi connectivity index (χ1) is 11.4. The molecule has 1 unspecified atom stereocenters. The average Bonchev–Trinajstić information content (AvgIpc) is 2.92. The van der Waals surface area contributed by atoms with Crippen molar-refractivity contribution in [2.24, 2.45) is 12.0 Å². The predicted molar refractivity (Wildman–Crippen MR) is 104 cm³/mol. The maximum atomic E-state index is 13.8. The summed E-state index contributed by atoms with van der Waals surface area (Å²) in [6.07, 6.45) is 1.50. The maximum Gasteiger partial charge on any atom is 0.193 e. The summed E-state index contributed by atoms with van der Waals surface area (Å²) < 4.78 is 28.5. The highest BCUT2D eigenvalue weighted by Crippen LogP contribution is 2.19. The lowest BCUT2D eigenvalue weighted by Gasteiger charge is -2.23. The Morgan fingerprint density at radius 3 is 2.68 bits per heavy atom. The first-order valence-corrected chi connectivity index (χ1v) is 7.62. The van der Waals surface area contributed by atoms with Gasteiger partial charge in [0.15, 0.2) is 5.96 Å². The van der Waals surface area contributed by atoms with E-state index in [0.717, 1.165) is 11.9 Å². The molecule has 0 aliphatic rings. The minimum absolute atomic E-state index is 0. The van der Waals surface area contributed by atoms with Crippen LogP contribution in [-0.2, 0) is 13.6 Å².